The lowest BCUT2D eigenvalue weighted by atomic mass is 10.4. The zero-order valence-electron chi connectivity index (χ0n) is 9.99. The summed E-state index contributed by atoms with van der Waals surface area (Å²) >= 11 is 0. The van der Waals surface area contributed by atoms with Crippen LogP contribution in [0.4, 0.5) is 0 Å². The van der Waals surface area contributed by atoms with Gasteiger partial charge in [0.15, 0.2) is 0 Å². The number of nitrogens with zero attached hydrogens (tertiary/aromatic N) is 1. The van der Waals surface area contributed by atoms with Crippen molar-refractivity contribution in [2.45, 2.75) is 25.2 Å². The Labute approximate surface area is 100 Å². The Kier molecular flexibility index (Phi) is 4.24. The maximum Gasteiger partial charge on any atom is 0.244 e. The lowest BCUT2D eigenvalue weighted by molar-refractivity contribution is -0.120. The van der Waals surface area contributed by atoms with E-state index >= 15 is 0 Å². The van der Waals surface area contributed by atoms with Gasteiger partial charge in [-0.25, -0.2) is 13.1 Å². The lowest BCUT2D eigenvalue weighted by Crippen LogP contribution is -2.29. The molecule has 0 spiro atoms. The molecule has 0 saturated heterocycles. The average molecular weight is 260 g/mol. The van der Waals surface area contributed by atoms with Crippen molar-refractivity contribution in [2.75, 3.05) is 13.6 Å². The molecule has 0 fully saturated rings. The predicted octanol–water partition coefficient (Wildman–Crippen LogP) is -0.559. The lowest BCUT2D eigenvalue weighted by Gasteiger charge is -2.06. The summed E-state index contributed by atoms with van der Waals surface area (Å²) in [5.41, 5.74) is 0.893. The van der Waals surface area contributed by atoms with Crippen LogP contribution in [0, 0.1) is 13.8 Å². The van der Waals surface area contributed by atoms with Crippen LogP contribution in [0.5, 0.6) is 0 Å². The fraction of sp³-hybridized carbons (Fsp3) is 0.556. The van der Waals surface area contributed by atoms with E-state index in [2.05, 4.69) is 20.2 Å². The van der Waals surface area contributed by atoms with Crippen LogP contribution in [-0.2, 0) is 14.8 Å². The summed E-state index contributed by atoms with van der Waals surface area (Å²) in [4.78, 5) is 11.1. The highest BCUT2D eigenvalue weighted by molar-refractivity contribution is 7.89. The molecule has 1 aromatic heterocycles. The molecule has 8 heteroatoms. The molecule has 1 aromatic rings. The van der Waals surface area contributed by atoms with Gasteiger partial charge in [-0.3, -0.25) is 9.89 Å². The molecule has 0 atom stereocenters. The largest absolute Gasteiger partial charge is 0.359 e. The number of amides is 1. The van der Waals surface area contributed by atoms with Gasteiger partial charge in [0.1, 0.15) is 4.90 Å². The number of hydrogen-bond donors (Lipinski definition) is 3. The summed E-state index contributed by atoms with van der Waals surface area (Å²) < 4.78 is 26.2. The maximum absolute atomic E-state index is 11.9. The number of H-pyrrole nitrogens is 1. The average Bonchev–Trinajstić information content (AvgIpc) is 2.58. The summed E-state index contributed by atoms with van der Waals surface area (Å²) in [5, 5.41) is 8.84. The summed E-state index contributed by atoms with van der Waals surface area (Å²) in [6.45, 7) is 3.30. The molecule has 0 bridgehead atoms. The summed E-state index contributed by atoms with van der Waals surface area (Å²) in [6.07, 6.45) is 0.103. The summed E-state index contributed by atoms with van der Waals surface area (Å²) in [5.74, 6) is -0.215. The van der Waals surface area contributed by atoms with E-state index in [4.69, 9.17) is 0 Å². The molecule has 0 aliphatic carbocycles. The standard InChI is InChI=1S/C9H16N4O3S/c1-6-9(7(2)13-12-6)17(15,16)11-5-4-8(14)10-3/h11H,4-5H2,1-3H3,(H,10,14)(H,12,13). The third-order valence-electron chi connectivity index (χ3n) is 2.25. The van der Waals surface area contributed by atoms with Crippen LogP contribution >= 0.6 is 0 Å². The van der Waals surface area contributed by atoms with Crippen molar-refractivity contribution in [1.29, 1.82) is 0 Å². The molecular weight excluding hydrogens is 244 g/mol. The van der Waals surface area contributed by atoms with Gasteiger partial charge < -0.3 is 5.32 Å². The fourth-order valence-electron chi connectivity index (χ4n) is 1.43. The van der Waals surface area contributed by atoms with Gasteiger partial charge in [0, 0.05) is 20.0 Å². The molecule has 1 heterocycles. The van der Waals surface area contributed by atoms with Crippen LogP contribution < -0.4 is 10.0 Å². The Morgan fingerprint density at radius 3 is 2.53 bits per heavy atom. The molecule has 1 amide bonds. The van der Waals surface area contributed by atoms with Gasteiger partial charge in [-0.05, 0) is 13.8 Å². The first kappa shape index (κ1) is 13.7. The Morgan fingerprint density at radius 1 is 1.41 bits per heavy atom. The molecule has 0 unspecified atom stereocenters. The second-order valence-corrected chi connectivity index (χ2v) is 5.29. The minimum Gasteiger partial charge on any atom is -0.359 e. The number of aromatic amines is 1. The molecule has 7 nitrogen and oxygen atoms in total. The van der Waals surface area contributed by atoms with E-state index < -0.39 is 10.0 Å². The first-order valence-corrected chi connectivity index (χ1v) is 6.58. The number of carbonyl (C=O) groups excluding carboxylic acids is 1. The van der Waals surface area contributed by atoms with Gasteiger partial charge in [0.2, 0.25) is 15.9 Å². The van der Waals surface area contributed by atoms with Crippen molar-refractivity contribution in [3.8, 4) is 0 Å². The van der Waals surface area contributed by atoms with Crippen LogP contribution in [0.2, 0.25) is 0 Å². The Balaban J connectivity index is 2.73. The van der Waals surface area contributed by atoms with Crippen molar-refractivity contribution in [1.82, 2.24) is 20.2 Å². The number of aromatic nitrogens is 2. The fourth-order valence-corrected chi connectivity index (χ4v) is 2.83. The first-order chi connectivity index (χ1) is 7.88. The van der Waals surface area contributed by atoms with E-state index in [1.54, 1.807) is 13.8 Å². The second kappa shape index (κ2) is 5.28. The number of carbonyl (C=O) groups is 1. The molecule has 1 rings (SSSR count). The molecule has 0 aliphatic heterocycles. The molecule has 0 saturated carbocycles. The van der Waals surface area contributed by atoms with Crippen molar-refractivity contribution in [3.63, 3.8) is 0 Å². The molecule has 0 aromatic carbocycles. The summed E-state index contributed by atoms with van der Waals surface area (Å²) in [6, 6.07) is 0. The topological polar surface area (TPSA) is 104 Å². The van der Waals surface area contributed by atoms with Gasteiger partial charge in [-0.15, -0.1) is 0 Å². The van der Waals surface area contributed by atoms with Gasteiger partial charge in [0.05, 0.1) is 11.4 Å². The predicted molar refractivity (Wildman–Crippen MR) is 61.9 cm³/mol. The van der Waals surface area contributed by atoms with Crippen LogP contribution in [0.15, 0.2) is 4.90 Å². The van der Waals surface area contributed by atoms with E-state index in [0.29, 0.717) is 11.4 Å². The van der Waals surface area contributed by atoms with E-state index in [1.807, 2.05) is 0 Å². The van der Waals surface area contributed by atoms with Gasteiger partial charge in [0.25, 0.3) is 0 Å². The molecule has 3 N–H and O–H groups in total. The highest BCUT2D eigenvalue weighted by Gasteiger charge is 2.21. The van der Waals surface area contributed by atoms with Crippen molar-refractivity contribution >= 4 is 15.9 Å². The molecule has 96 valence electrons. The monoisotopic (exact) mass is 260 g/mol. The smallest absolute Gasteiger partial charge is 0.244 e. The zero-order valence-corrected chi connectivity index (χ0v) is 10.8. The minimum atomic E-state index is -3.61. The Hall–Kier alpha value is -1.41. The number of sulfonamides is 1. The van der Waals surface area contributed by atoms with E-state index in [9.17, 15) is 13.2 Å². The third-order valence-corrected chi connectivity index (χ3v) is 3.98. The van der Waals surface area contributed by atoms with Crippen molar-refractivity contribution < 1.29 is 13.2 Å². The molecule has 17 heavy (non-hydrogen) atoms. The van der Waals surface area contributed by atoms with Gasteiger partial charge >= 0.3 is 0 Å². The Morgan fingerprint density at radius 2 is 2.06 bits per heavy atom. The molecule has 0 aliphatic rings. The van der Waals surface area contributed by atoms with Crippen molar-refractivity contribution in [3.05, 3.63) is 11.4 Å². The van der Waals surface area contributed by atoms with Gasteiger partial charge in [-0.2, -0.15) is 5.10 Å². The maximum atomic E-state index is 11.9. The van der Waals surface area contributed by atoms with Crippen LogP contribution in [0.1, 0.15) is 17.8 Å². The number of nitrogens with one attached hydrogen (secondary N) is 3. The number of hydrogen-bond acceptors (Lipinski definition) is 4. The van der Waals surface area contributed by atoms with E-state index in [0.717, 1.165) is 0 Å². The highest BCUT2D eigenvalue weighted by atomic mass is 32.2. The first-order valence-electron chi connectivity index (χ1n) is 5.10. The van der Waals surface area contributed by atoms with Crippen LogP contribution in [0.3, 0.4) is 0 Å². The second-order valence-electron chi connectivity index (χ2n) is 3.58. The zero-order chi connectivity index (χ0) is 13.1. The molecule has 0 radical (unpaired) electrons. The van der Waals surface area contributed by atoms with Crippen LogP contribution in [0.25, 0.3) is 0 Å². The van der Waals surface area contributed by atoms with Crippen molar-refractivity contribution in [2.24, 2.45) is 0 Å². The normalized spacial score (nSPS) is 11.5. The van der Waals surface area contributed by atoms with E-state index in [1.165, 1.54) is 7.05 Å². The number of aryl methyl sites for hydroxylation is 2. The van der Waals surface area contributed by atoms with Gasteiger partial charge in [-0.1, -0.05) is 0 Å². The Bertz CT molecular complexity index is 487. The molecular formula is C9H16N4O3S. The van der Waals surface area contributed by atoms with E-state index in [-0.39, 0.29) is 23.8 Å². The SMILES string of the molecule is CNC(=O)CCNS(=O)(=O)c1c(C)n[nH]c1C. The quantitative estimate of drug-likeness (QED) is 0.660. The minimum absolute atomic E-state index is 0.0616. The third kappa shape index (κ3) is 3.27. The number of rotatable bonds is 5. The highest BCUT2D eigenvalue weighted by Crippen LogP contribution is 2.15. The van der Waals surface area contributed by atoms with Crippen LogP contribution in [-0.4, -0.2) is 38.1 Å². The summed E-state index contributed by atoms with van der Waals surface area (Å²) in [7, 11) is -2.10.